The Morgan fingerprint density at radius 1 is 1.21 bits per heavy atom. The van der Waals surface area contributed by atoms with Gasteiger partial charge in [-0.15, -0.1) is 0 Å². The molecule has 2 aromatic rings. The average molecular weight is 475 g/mol. The molecular formula is C23H34N6O5. The van der Waals surface area contributed by atoms with Crippen LogP contribution in [0.2, 0.25) is 0 Å². The van der Waals surface area contributed by atoms with Gasteiger partial charge in [-0.05, 0) is 39.2 Å². The zero-order valence-corrected chi connectivity index (χ0v) is 20.1. The van der Waals surface area contributed by atoms with Crippen LogP contribution < -0.4 is 16.6 Å². The van der Waals surface area contributed by atoms with E-state index in [1.807, 2.05) is 4.90 Å². The second-order valence-electron chi connectivity index (χ2n) is 10.4. The van der Waals surface area contributed by atoms with Crippen molar-refractivity contribution in [3.8, 4) is 0 Å². The van der Waals surface area contributed by atoms with Gasteiger partial charge in [0.05, 0.1) is 30.6 Å². The van der Waals surface area contributed by atoms with Gasteiger partial charge in [0.25, 0.3) is 5.56 Å². The van der Waals surface area contributed by atoms with Crippen molar-refractivity contribution < 1.29 is 14.6 Å². The van der Waals surface area contributed by atoms with Crippen LogP contribution in [0, 0.1) is 0 Å². The molecule has 0 unspecified atom stereocenters. The number of nitrogens with zero attached hydrogens (tertiary/aromatic N) is 5. The number of imidazole rings is 1. The number of hydrogen-bond donors (Lipinski definition) is 2. The third kappa shape index (κ3) is 3.70. The lowest BCUT2D eigenvalue weighted by molar-refractivity contribution is -0.201. The Bertz CT molecular complexity index is 1210. The molecule has 2 N–H and O–H groups in total. The number of amides is 1. The quantitative estimate of drug-likeness (QED) is 0.610. The van der Waals surface area contributed by atoms with Crippen molar-refractivity contribution in [2.75, 3.05) is 26.2 Å². The summed E-state index contributed by atoms with van der Waals surface area (Å²) in [6.07, 6.45) is 6.43. The number of aromatic nitrogens is 4. The molecule has 2 aromatic heterocycles. The standard InChI is InChI=1S/C23H34N6O5/c1-22(33)13-34-23(7-10-28(11-8-23)19(30)15-6-4-5-9-24-15)12-16(22)29-14-25-18-17(29)20(31)27(3)21(32)26(18)2/h14-16,24,33H,4-13H2,1-3H3/t15-,16-,22-/m0/s1. The van der Waals surface area contributed by atoms with Gasteiger partial charge < -0.3 is 24.6 Å². The van der Waals surface area contributed by atoms with Crippen molar-refractivity contribution in [1.82, 2.24) is 28.9 Å². The number of fused-ring (bicyclic) bond motifs is 1. The molecule has 34 heavy (non-hydrogen) atoms. The summed E-state index contributed by atoms with van der Waals surface area (Å²) >= 11 is 0. The maximum atomic E-state index is 13.0. The lowest BCUT2D eigenvalue weighted by Crippen LogP contribution is -2.59. The normalized spacial score (nSPS) is 29.6. The zero-order valence-electron chi connectivity index (χ0n) is 20.1. The van der Waals surface area contributed by atoms with Crippen molar-refractivity contribution in [2.45, 2.75) is 68.7 Å². The fourth-order valence-electron chi connectivity index (χ4n) is 5.79. The minimum absolute atomic E-state index is 0.0938. The first-order valence-corrected chi connectivity index (χ1v) is 12.1. The molecule has 3 aliphatic rings. The number of nitrogens with one attached hydrogen (secondary N) is 1. The second-order valence-corrected chi connectivity index (χ2v) is 10.4. The van der Waals surface area contributed by atoms with Crippen LogP contribution in [-0.2, 0) is 23.6 Å². The van der Waals surface area contributed by atoms with E-state index in [1.54, 1.807) is 18.5 Å². The smallest absolute Gasteiger partial charge is 0.332 e. The van der Waals surface area contributed by atoms with E-state index >= 15 is 0 Å². The molecule has 3 fully saturated rings. The van der Waals surface area contributed by atoms with Crippen molar-refractivity contribution in [2.24, 2.45) is 14.1 Å². The topological polar surface area (TPSA) is 124 Å². The molecule has 5 rings (SSSR count). The summed E-state index contributed by atoms with van der Waals surface area (Å²) in [6, 6.07) is -0.553. The van der Waals surface area contributed by atoms with Crippen molar-refractivity contribution >= 4 is 17.1 Å². The van der Waals surface area contributed by atoms with Crippen LogP contribution in [0.5, 0.6) is 0 Å². The monoisotopic (exact) mass is 474 g/mol. The van der Waals surface area contributed by atoms with E-state index < -0.39 is 28.5 Å². The van der Waals surface area contributed by atoms with Crippen molar-refractivity contribution in [3.05, 3.63) is 27.2 Å². The summed E-state index contributed by atoms with van der Waals surface area (Å²) in [5, 5.41) is 14.6. The van der Waals surface area contributed by atoms with Gasteiger partial charge in [-0.1, -0.05) is 6.42 Å². The Balaban J connectivity index is 1.41. The molecule has 1 amide bonds. The molecule has 3 atom stereocenters. The van der Waals surface area contributed by atoms with E-state index in [0.29, 0.717) is 43.5 Å². The van der Waals surface area contributed by atoms with Gasteiger partial charge in [-0.25, -0.2) is 9.78 Å². The van der Waals surface area contributed by atoms with Gasteiger partial charge in [-0.2, -0.15) is 0 Å². The third-order valence-corrected chi connectivity index (χ3v) is 8.06. The van der Waals surface area contributed by atoms with Gasteiger partial charge in [0.2, 0.25) is 5.91 Å². The van der Waals surface area contributed by atoms with Crippen LogP contribution >= 0.6 is 0 Å². The summed E-state index contributed by atoms with van der Waals surface area (Å²) in [5.74, 6) is 0.166. The van der Waals surface area contributed by atoms with Crippen molar-refractivity contribution in [3.63, 3.8) is 0 Å². The first kappa shape index (κ1) is 23.3. The number of ether oxygens (including phenoxy) is 1. The van der Waals surface area contributed by atoms with E-state index in [9.17, 15) is 19.5 Å². The molecule has 0 bridgehead atoms. The first-order valence-electron chi connectivity index (χ1n) is 12.1. The highest BCUT2D eigenvalue weighted by Gasteiger charge is 2.50. The number of carbonyl (C=O) groups is 1. The zero-order chi connectivity index (χ0) is 24.3. The van der Waals surface area contributed by atoms with Gasteiger partial charge in [0.1, 0.15) is 5.60 Å². The first-order chi connectivity index (χ1) is 16.1. The van der Waals surface area contributed by atoms with Crippen LogP contribution in [0.3, 0.4) is 0 Å². The molecule has 0 aliphatic carbocycles. The van der Waals surface area contributed by atoms with Gasteiger partial charge in [0, 0.05) is 33.6 Å². The van der Waals surface area contributed by atoms with Crippen LogP contribution in [0.1, 0.15) is 51.5 Å². The van der Waals surface area contributed by atoms with E-state index in [2.05, 4.69) is 10.3 Å². The highest BCUT2D eigenvalue weighted by atomic mass is 16.5. The Morgan fingerprint density at radius 2 is 1.94 bits per heavy atom. The van der Waals surface area contributed by atoms with E-state index in [4.69, 9.17) is 4.74 Å². The molecular weight excluding hydrogens is 440 g/mol. The molecule has 1 spiro atoms. The number of rotatable bonds is 2. The largest absolute Gasteiger partial charge is 0.386 e. The number of aryl methyl sites for hydroxylation is 1. The molecule has 11 heteroatoms. The SMILES string of the molecule is Cn1c(=O)c2c(ncn2[C@H]2CC3(CCN(C(=O)[C@@H]4CCCCN4)CC3)OC[C@]2(C)O)n(C)c1=O. The maximum absolute atomic E-state index is 13.0. The lowest BCUT2D eigenvalue weighted by Gasteiger charge is -2.51. The molecule has 186 valence electrons. The molecule has 0 saturated carbocycles. The third-order valence-electron chi connectivity index (χ3n) is 8.06. The molecule has 0 aromatic carbocycles. The number of aliphatic hydroxyl groups is 1. The minimum Gasteiger partial charge on any atom is -0.386 e. The molecule has 11 nitrogen and oxygen atoms in total. The Labute approximate surface area is 197 Å². The minimum atomic E-state index is -1.22. The Hall–Kier alpha value is -2.50. The maximum Gasteiger partial charge on any atom is 0.332 e. The number of likely N-dealkylation sites (tertiary alicyclic amines) is 1. The average Bonchev–Trinajstić information content (AvgIpc) is 3.29. The highest BCUT2D eigenvalue weighted by molar-refractivity contribution is 5.82. The van der Waals surface area contributed by atoms with Crippen molar-refractivity contribution in [1.29, 1.82) is 0 Å². The Morgan fingerprint density at radius 3 is 2.62 bits per heavy atom. The van der Waals surface area contributed by atoms with E-state index in [-0.39, 0.29) is 18.6 Å². The predicted octanol–water partition coefficient (Wildman–Crippen LogP) is -0.351. The summed E-state index contributed by atoms with van der Waals surface area (Å²) in [7, 11) is 3.03. The van der Waals surface area contributed by atoms with Gasteiger partial charge in [0.15, 0.2) is 11.2 Å². The van der Waals surface area contributed by atoms with E-state index in [0.717, 1.165) is 30.4 Å². The number of carbonyl (C=O) groups excluding carboxylic acids is 1. The van der Waals surface area contributed by atoms with Crippen LogP contribution in [0.4, 0.5) is 0 Å². The molecule has 3 saturated heterocycles. The summed E-state index contributed by atoms with van der Waals surface area (Å²) < 4.78 is 10.4. The van der Waals surface area contributed by atoms with Crippen LogP contribution in [-0.4, -0.2) is 78.1 Å². The summed E-state index contributed by atoms with van der Waals surface area (Å²) in [6.45, 7) is 3.91. The molecule has 0 radical (unpaired) electrons. The predicted molar refractivity (Wildman–Crippen MR) is 125 cm³/mol. The number of piperidine rings is 2. The van der Waals surface area contributed by atoms with Crippen LogP contribution in [0.15, 0.2) is 15.9 Å². The fourth-order valence-corrected chi connectivity index (χ4v) is 5.79. The highest BCUT2D eigenvalue weighted by Crippen LogP contribution is 2.44. The summed E-state index contributed by atoms with van der Waals surface area (Å²) in [4.78, 5) is 44.6. The summed E-state index contributed by atoms with van der Waals surface area (Å²) in [5.41, 5.74) is -2.01. The van der Waals surface area contributed by atoms with E-state index in [1.165, 1.54) is 17.9 Å². The van der Waals surface area contributed by atoms with Crippen LogP contribution in [0.25, 0.3) is 11.2 Å². The second kappa shape index (κ2) is 8.31. The van der Waals surface area contributed by atoms with Gasteiger partial charge >= 0.3 is 5.69 Å². The fraction of sp³-hybridized carbons (Fsp3) is 0.739. The molecule has 5 heterocycles. The lowest BCUT2D eigenvalue weighted by atomic mass is 9.77. The Kier molecular flexibility index (Phi) is 5.69. The van der Waals surface area contributed by atoms with Gasteiger partial charge in [-0.3, -0.25) is 18.7 Å². The molecule has 3 aliphatic heterocycles. The number of hydrogen-bond acceptors (Lipinski definition) is 7.